The molecule has 2 heterocycles. The van der Waals surface area contributed by atoms with Gasteiger partial charge in [0.2, 0.25) is 0 Å². The van der Waals surface area contributed by atoms with Crippen molar-refractivity contribution in [1.29, 1.82) is 0 Å². The fraction of sp³-hybridized carbons (Fsp3) is 0.615. The number of aryl methyl sites for hydroxylation is 1. The fourth-order valence-corrected chi connectivity index (χ4v) is 2.98. The molecule has 1 aliphatic rings. The van der Waals surface area contributed by atoms with Crippen LogP contribution >= 0.6 is 11.3 Å². The Hall–Kier alpha value is -0.750. The van der Waals surface area contributed by atoms with Gasteiger partial charge >= 0.3 is 0 Å². The van der Waals surface area contributed by atoms with Crippen molar-refractivity contribution in [1.82, 2.24) is 9.80 Å². The molecule has 0 unspecified atom stereocenters. The Kier molecular flexibility index (Phi) is 4.88. The first kappa shape index (κ1) is 13.7. The standard InChI is InChI=1S/C13H20N2O2S/c1-11-2-3-13(18-11)12(17)10-15-6-4-14(5-7-15)8-9-16/h2-3,16H,4-10H2,1H3. The lowest BCUT2D eigenvalue weighted by Crippen LogP contribution is -2.48. The van der Waals surface area contributed by atoms with Crippen molar-refractivity contribution in [3.05, 3.63) is 21.9 Å². The molecular weight excluding hydrogens is 248 g/mol. The predicted molar refractivity (Wildman–Crippen MR) is 73.4 cm³/mol. The molecule has 5 heteroatoms. The lowest BCUT2D eigenvalue weighted by Gasteiger charge is -2.33. The summed E-state index contributed by atoms with van der Waals surface area (Å²) in [5.74, 6) is 0.226. The smallest absolute Gasteiger partial charge is 0.186 e. The number of rotatable bonds is 5. The van der Waals surface area contributed by atoms with Crippen molar-refractivity contribution >= 4 is 17.1 Å². The molecule has 0 saturated carbocycles. The van der Waals surface area contributed by atoms with Crippen LogP contribution in [-0.4, -0.2) is 66.6 Å². The van der Waals surface area contributed by atoms with Crippen LogP contribution in [0.4, 0.5) is 0 Å². The minimum Gasteiger partial charge on any atom is -0.395 e. The van der Waals surface area contributed by atoms with Gasteiger partial charge in [0.1, 0.15) is 0 Å². The topological polar surface area (TPSA) is 43.8 Å². The second-order valence-corrected chi connectivity index (χ2v) is 5.96. The molecule has 0 spiro atoms. The molecule has 4 nitrogen and oxygen atoms in total. The second kappa shape index (κ2) is 6.43. The molecule has 0 bridgehead atoms. The number of ketones is 1. The molecule has 1 saturated heterocycles. The molecule has 1 fully saturated rings. The Labute approximate surface area is 112 Å². The van der Waals surface area contributed by atoms with Crippen molar-refractivity contribution in [2.45, 2.75) is 6.92 Å². The zero-order valence-corrected chi connectivity index (χ0v) is 11.6. The molecule has 0 atom stereocenters. The zero-order chi connectivity index (χ0) is 13.0. The molecule has 2 rings (SSSR count). The second-order valence-electron chi connectivity index (χ2n) is 4.67. The summed E-state index contributed by atoms with van der Waals surface area (Å²) in [4.78, 5) is 18.5. The maximum absolute atomic E-state index is 12.0. The molecule has 0 aliphatic carbocycles. The van der Waals surface area contributed by atoms with Gasteiger partial charge in [-0.15, -0.1) is 11.3 Å². The summed E-state index contributed by atoms with van der Waals surface area (Å²) < 4.78 is 0. The normalized spacial score (nSPS) is 18.1. The molecule has 0 aromatic carbocycles. The summed E-state index contributed by atoms with van der Waals surface area (Å²) in [6, 6.07) is 3.92. The average Bonchev–Trinajstić information content (AvgIpc) is 2.79. The first-order valence-electron chi connectivity index (χ1n) is 6.34. The van der Waals surface area contributed by atoms with Gasteiger partial charge in [-0.3, -0.25) is 14.6 Å². The number of carbonyl (C=O) groups excluding carboxylic acids is 1. The number of aliphatic hydroxyl groups is 1. The van der Waals surface area contributed by atoms with Crippen molar-refractivity contribution in [2.75, 3.05) is 45.9 Å². The first-order chi connectivity index (χ1) is 8.69. The van der Waals surface area contributed by atoms with Gasteiger partial charge in [-0.05, 0) is 19.1 Å². The zero-order valence-electron chi connectivity index (χ0n) is 10.8. The molecule has 18 heavy (non-hydrogen) atoms. The number of aliphatic hydroxyl groups excluding tert-OH is 1. The number of carbonyl (C=O) groups is 1. The van der Waals surface area contributed by atoms with Crippen LogP contribution in [0.1, 0.15) is 14.5 Å². The highest BCUT2D eigenvalue weighted by atomic mass is 32.1. The molecular formula is C13H20N2O2S. The van der Waals surface area contributed by atoms with Crippen LogP contribution in [0, 0.1) is 6.92 Å². The van der Waals surface area contributed by atoms with Gasteiger partial charge in [0, 0.05) is 37.6 Å². The van der Waals surface area contributed by atoms with Gasteiger partial charge in [0.25, 0.3) is 0 Å². The lowest BCUT2D eigenvalue weighted by molar-refractivity contribution is 0.0826. The summed E-state index contributed by atoms with van der Waals surface area (Å²) in [7, 11) is 0. The lowest BCUT2D eigenvalue weighted by atomic mass is 10.2. The van der Waals surface area contributed by atoms with Crippen LogP contribution in [-0.2, 0) is 0 Å². The van der Waals surface area contributed by atoms with Gasteiger partial charge in [0.15, 0.2) is 5.78 Å². The van der Waals surface area contributed by atoms with Gasteiger partial charge in [-0.1, -0.05) is 0 Å². The maximum atomic E-state index is 12.0. The largest absolute Gasteiger partial charge is 0.395 e. The van der Waals surface area contributed by atoms with Crippen molar-refractivity contribution < 1.29 is 9.90 Å². The maximum Gasteiger partial charge on any atom is 0.186 e. The van der Waals surface area contributed by atoms with E-state index in [0.717, 1.165) is 37.6 Å². The van der Waals surface area contributed by atoms with Crippen molar-refractivity contribution in [2.24, 2.45) is 0 Å². The van der Waals surface area contributed by atoms with Crippen molar-refractivity contribution in [3.63, 3.8) is 0 Å². The van der Waals surface area contributed by atoms with Crippen LogP contribution in [0.5, 0.6) is 0 Å². The van der Waals surface area contributed by atoms with E-state index in [1.54, 1.807) is 11.3 Å². The number of nitrogens with zero attached hydrogens (tertiary/aromatic N) is 2. The monoisotopic (exact) mass is 268 g/mol. The predicted octanol–water partition coefficient (Wildman–Crippen LogP) is 0.849. The van der Waals surface area contributed by atoms with E-state index in [1.165, 1.54) is 4.88 Å². The Bertz CT molecular complexity index is 397. The molecule has 1 aromatic heterocycles. The van der Waals surface area contributed by atoms with Crippen LogP contribution in [0.25, 0.3) is 0 Å². The number of hydrogen-bond donors (Lipinski definition) is 1. The van der Waals surface area contributed by atoms with E-state index in [1.807, 2.05) is 19.1 Å². The van der Waals surface area contributed by atoms with Crippen LogP contribution in [0.3, 0.4) is 0 Å². The minimum atomic E-state index is 0.216. The Morgan fingerprint density at radius 2 is 1.94 bits per heavy atom. The minimum absolute atomic E-state index is 0.216. The number of Topliss-reactive ketones (excluding diaryl/α,β-unsaturated/α-hetero) is 1. The van der Waals surface area contributed by atoms with E-state index in [0.29, 0.717) is 6.54 Å². The number of piperazine rings is 1. The Balaban J connectivity index is 1.79. The van der Waals surface area contributed by atoms with Crippen molar-refractivity contribution in [3.8, 4) is 0 Å². The average molecular weight is 268 g/mol. The van der Waals surface area contributed by atoms with E-state index < -0.39 is 0 Å². The highest BCUT2D eigenvalue weighted by Crippen LogP contribution is 2.16. The number of β-amino-alcohol motifs (C(OH)–C–C–N with tert-alkyl or cyclic N) is 1. The quantitative estimate of drug-likeness (QED) is 0.804. The summed E-state index contributed by atoms with van der Waals surface area (Å²) >= 11 is 1.57. The Morgan fingerprint density at radius 3 is 2.50 bits per heavy atom. The van der Waals surface area contributed by atoms with Gasteiger partial charge in [-0.25, -0.2) is 0 Å². The van der Waals surface area contributed by atoms with Crippen LogP contribution < -0.4 is 0 Å². The number of hydrogen-bond acceptors (Lipinski definition) is 5. The number of thiophene rings is 1. The summed E-state index contributed by atoms with van der Waals surface area (Å²) in [6.07, 6.45) is 0. The highest BCUT2D eigenvalue weighted by Gasteiger charge is 2.19. The Morgan fingerprint density at radius 1 is 1.28 bits per heavy atom. The van der Waals surface area contributed by atoms with E-state index in [-0.39, 0.29) is 12.4 Å². The third kappa shape index (κ3) is 3.62. The van der Waals surface area contributed by atoms with E-state index in [9.17, 15) is 4.79 Å². The molecule has 1 aromatic rings. The molecule has 1 aliphatic heterocycles. The molecule has 1 N–H and O–H groups in total. The van der Waals surface area contributed by atoms with Gasteiger partial charge < -0.3 is 5.11 Å². The third-order valence-electron chi connectivity index (χ3n) is 3.26. The van der Waals surface area contributed by atoms with E-state index in [2.05, 4.69) is 9.80 Å². The van der Waals surface area contributed by atoms with Crippen LogP contribution in [0.2, 0.25) is 0 Å². The molecule has 100 valence electrons. The first-order valence-corrected chi connectivity index (χ1v) is 7.16. The fourth-order valence-electron chi connectivity index (χ4n) is 2.18. The van der Waals surface area contributed by atoms with E-state index in [4.69, 9.17) is 5.11 Å². The van der Waals surface area contributed by atoms with Gasteiger partial charge in [-0.2, -0.15) is 0 Å². The highest BCUT2D eigenvalue weighted by molar-refractivity contribution is 7.14. The molecule has 0 radical (unpaired) electrons. The van der Waals surface area contributed by atoms with E-state index >= 15 is 0 Å². The summed E-state index contributed by atoms with van der Waals surface area (Å²) in [5, 5.41) is 8.87. The van der Waals surface area contributed by atoms with Gasteiger partial charge in [0.05, 0.1) is 18.0 Å². The summed E-state index contributed by atoms with van der Waals surface area (Å²) in [5.41, 5.74) is 0. The molecule has 0 amide bonds. The third-order valence-corrected chi connectivity index (χ3v) is 4.31. The summed E-state index contributed by atoms with van der Waals surface area (Å²) in [6.45, 7) is 7.21. The van der Waals surface area contributed by atoms with Crippen LogP contribution in [0.15, 0.2) is 12.1 Å². The SMILES string of the molecule is Cc1ccc(C(=O)CN2CCN(CCO)CC2)s1.